The molecule has 2 amide bonds. The molecule has 2 saturated carbocycles. The number of aromatic nitrogens is 2. The minimum Gasteiger partial charge on any atom is -0.317 e. The normalized spacial score (nSPS) is 27.6. The van der Waals surface area contributed by atoms with Gasteiger partial charge in [-0.15, -0.1) is 0 Å². The molecule has 0 bridgehead atoms. The molecular weight excluding hydrogens is 450 g/mol. The number of amides is 2. The Hall–Kier alpha value is -2.75. The smallest absolute Gasteiger partial charge is 0.317 e. The molecule has 34 heavy (non-hydrogen) atoms. The number of carbonyl (C=O) groups is 1. The Labute approximate surface area is 195 Å². The van der Waals surface area contributed by atoms with Crippen LogP contribution in [0.3, 0.4) is 0 Å². The van der Waals surface area contributed by atoms with Crippen LogP contribution in [0.4, 0.5) is 28.0 Å². The summed E-state index contributed by atoms with van der Waals surface area (Å²) in [7, 11) is 1.87. The fourth-order valence-electron chi connectivity index (χ4n) is 5.47. The number of halogens is 4. The van der Waals surface area contributed by atoms with E-state index in [0.29, 0.717) is 44.7 Å². The topological polar surface area (TPSA) is 61.4 Å². The largest absolute Gasteiger partial charge is 0.451 e. The van der Waals surface area contributed by atoms with Gasteiger partial charge in [0.2, 0.25) is 5.82 Å². The predicted molar refractivity (Wildman–Crippen MR) is 118 cm³/mol. The monoisotopic (exact) mass is 477 g/mol. The minimum absolute atomic E-state index is 0.210. The number of benzene rings is 1. The molecule has 5 rings (SSSR count). The number of hydrogen-bond donors (Lipinski definition) is 1. The van der Waals surface area contributed by atoms with Gasteiger partial charge in [-0.3, -0.25) is 4.90 Å². The second-order valence-corrected chi connectivity index (χ2v) is 9.75. The van der Waals surface area contributed by atoms with E-state index in [-0.39, 0.29) is 17.5 Å². The molecule has 2 aromatic rings. The third kappa shape index (κ3) is 4.01. The van der Waals surface area contributed by atoms with E-state index in [0.717, 1.165) is 30.8 Å². The molecule has 10 heteroatoms. The summed E-state index contributed by atoms with van der Waals surface area (Å²) in [6.07, 6.45) is 2.48. The summed E-state index contributed by atoms with van der Waals surface area (Å²) < 4.78 is 52.7. The molecule has 2 aliphatic carbocycles. The summed E-state index contributed by atoms with van der Waals surface area (Å²) in [6, 6.07) is 6.40. The van der Waals surface area contributed by atoms with Crippen LogP contribution in [0.2, 0.25) is 0 Å². The maximum atomic E-state index is 14.0. The quantitative estimate of drug-likeness (QED) is 0.634. The van der Waals surface area contributed by atoms with Crippen molar-refractivity contribution in [1.29, 1.82) is 0 Å². The van der Waals surface area contributed by atoms with Crippen molar-refractivity contribution in [1.82, 2.24) is 20.2 Å². The summed E-state index contributed by atoms with van der Waals surface area (Å²) >= 11 is 0. The number of nitrogens with zero attached hydrogens (tertiary/aromatic N) is 4. The lowest BCUT2D eigenvalue weighted by atomic mass is 9.69. The van der Waals surface area contributed by atoms with E-state index >= 15 is 0 Å². The summed E-state index contributed by atoms with van der Waals surface area (Å²) in [5.74, 6) is -1.05. The van der Waals surface area contributed by atoms with Gasteiger partial charge in [0, 0.05) is 12.1 Å². The second-order valence-electron chi connectivity index (χ2n) is 9.75. The fourth-order valence-corrected chi connectivity index (χ4v) is 5.47. The Morgan fingerprint density at radius 2 is 1.79 bits per heavy atom. The SMILES string of the molecule is CN[C@]1(c2cccc(F)c2)CC[C@]2(CC1)CN(c1cnc(C(F)(F)F)nc1)C(=O)N2CC1CC1. The van der Waals surface area contributed by atoms with Crippen LogP contribution >= 0.6 is 0 Å². The van der Waals surface area contributed by atoms with E-state index in [1.165, 1.54) is 11.0 Å². The number of carbonyl (C=O) groups excluding carboxylic acids is 1. The zero-order chi connectivity index (χ0) is 24.1. The van der Waals surface area contributed by atoms with Crippen molar-refractivity contribution in [3.63, 3.8) is 0 Å². The highest BCUT2D eigenvalue weighted by molar-refractivity contribution is 5.95. The first-order valence-electron chi connectivity index (χ1n) is 11.6. The van der Waals surface area contributed by atoms with E-state index in [1.54, 1.807) is 12.1 Å². The lowest BCUT2D eigenvalue weighted by Gasteiger charge is -2.48. The van der Waals surface area contributed by atoms with Crippen molar-refractivity contribution in [2.24, 2.45) is 5.92 Å². The summed E-state index contributed by atoms with van der Waals surface area (Å²) in [5, 5.41) is 3.40. The van der Waals surface area contributed by atoms with E-state index in [1.807, 2.05) is 18.0 Å². The standard InChI is InChI=1S/C24H27F4N5O/c1-29-23(17-3-2-4-18(25)11-17)9-7-22(8-10-23)15-32(21(34)33(22)14-16-5-6-16)19-12-30-20(31-13-19)24(26,27)28/h2-4,11-13,16,29H,5-10,14-15H2,1H3/t22-,23+. The Bertz CT molecular complexity index is 1060. The highest BCUT2D eigenvalue weighted by Crippen LogP contribution is 2.48. The Morgan fingerprint density at radius 3 is 2.35 bits per heavy atom. The molecule has 1 aromatic heterocycles. The van der Waals surface area contributed by atoms with Crippen LogP contribution in [-0.2, 0) is 11.7 Å². The molecule has 0 unspecified atom stereocenters. The molecule has 3 fully saturated rings. The van der Waals surface area contributed by atoms with Crippen LogP contribution in [0, 0.1) is 11.7 Å². The molecule has 0 radical (unpaired) electrons. The van der Waals surface area contributed by atoms with E-state index in [2.05, 4.69) is 15.3 Å². The van der Waals surface area contributed by atoms with Crippen molar-refractivity contribution in [2.45, 2.75) is 55.8 Å². The zero-order valence-corrected chi connectivity index (χ0v) is 18.9. The van der Waals surface area contributed by atoms with Gasteiger partial charge >= 0.3 is 12.2 Å². The molecule has 1 aliphatic heterocycles. The summed E-state index contributed by atoms with van der Waals surface area (Å²) in [5.41, 5.74) is 0.324. The van der Waals surface area contributed by atoms with Gasteiger partial charge in [-0.1, -0.05) is 12.1 Å². The van der Waals surface area contributed by atoms with Gasteiger partial charge in [0.15, 0.2) is 0 Å². The van der Waals surface area contributed by atoms with E-state index < -0.39 is 23.1 Å². The van der Waals surface area contributed by atoms with Crippen LogP contribution in [-0.4, -0.2) is 46.6 Å². The number of alkyl halides is 3. The molecule has 182 valence electrons. The van der Waals surface area contributed by atoms with Gasteiger partial charge in [-0.05, 0) is 69.2 Å². The van der Waals surface area contributed by atoms with Gasteiger partial charge in [0.25, 0.3) is 0 Å². The summed E-state index contributed by atoms with van der Waals surface area (Å²) in [6.45, 7) is 1.01. The first-order chi connectivity index (χ1) is 16.2. The highest BCUT2D eigenvalue weighted by Gasteiger charge is 2.55. The van der Waals surface area contributed by atoms with Crippen molar-refractivity contribution >= 4 is 11.7 Å². The Balaban J connectivity index is 1.41. The third-order valence-electron chi connectivity index (χ3n) is 7.72. The third-order valence-corrected chi connectivity index (χ3v) is 7.72. The summed E-state index contributed by atoms with van der Waals surface area (Å²) in [4.78, 5) is 23.8. The van der Waals surface area contributed by atoms with Gasteiger partial charge in [0.1, 0.15) is 5.82 Å². The Kier molecular flexibility index (Phi) is 5.54. The molecule has 2 heterocycles. The fraction of sp³-hybridized carbons (Fsp3) is 0.542. The van der Waals surface area contributed by atoms with Crippen molar-refractivity contribution in [2.75, 3.05) is 25.0 Å². The second kappa shape index (κ2) is 8.18. The van der Waals surface area contributed by atoms with Crippen LogP contribution in [0.15, 0.2) is 36.7 Å². The predicted octanol–water partition coefficient (Wildman–Crippen LogP) is 4.71. The molecule has 3 aliphatic rings. The minimum atomic E-state index is -4.64. The van der Waals surface area contributed by atoms with Crippen LogP contribution < -0.4 is 10.2 Å². The van der Waals surface area contributed by atoms with Crippen LogP contribution in [0.1, 0.15) is 49.9 Å². The van der Waals surface area contributed by atoms with Crippen molar-refractivity contribution in [3.8, 4) is 0 Å². The number of anilines is 1. The van der Waals surface area contributed by atoms with Crippen molar-refractivity contribution in [3.05, 3.63) is 53.9 Å². The average molecular weight is 478 g/mol. The van der Waals surface area contributed by atoms with E-state index in [9.17, 15) is 22.4 Å². The van der Waals surface area contributed by atoms with Gasteiger partial charge in [-0.2, -0.15) is 13.2 Å². The number of hydrogen-bond acceptors (Lipinski definition) is 4. The Morgan fingerprint density at radius 1 is 1.12 bits per heavy atom. The lowest BCUT2D eigenvalue weighted by Crippen LogP contribution is -2.55. The maximum Gasteiger partial charge on any atom is 0.451 e. The maximum absolute atomic E-state index is 14.0. The van der Waals surface area contributed by atoms with Crippen LogP contribution in [0.5, 0.6) is 0 Å². The van der Waals surface area contributed by atoms with E-state index in [4.69, 9.17) is 0 Å². The number of urea groups is 1. The molecule has 1 saturated heterocycles. The number of rotatable bonds is 5. The molecule has 1 aromatic carbocycles. The van der Waals surface area contributed by atoms with Crippen molar-refractivity contribution < 1.29 is 22.4 Å². The van der Waals surface area contributed by atoms with Gasteiger partial charge in [-0.25, -0.2) is 19.2 Å². The van der Waals surface area contributed by atoms with Gasteiger partial charge in [0.05, 0.1) is 30.2 Å². The average Bonchev–Trinajstić information content (AvgIpc) is 3.61. The zero-order valence-electron chi connectivity index (χ0n) is 18.9. The highest BCUT2D eigenvalue weighted by atomic mass is 19.4. The van der Waals surface area contributed by atoms with Crippen LogP contribution in [0.25, 0.3) is 0 Å². The first kappa shape index (κ1) is 23.0. The molecular formula is C24H27F4N5O. The van der Waals surface area contributed by atoms with Gasteiger partial charge < -0.3 is 10.2 Å². The molecule has 1 N–H and O–H groups in total. The molecule has 0 atom stereocenters. The molecule has 1 spiro atoms. The molecule has 6 nitrogen and oxygen atoms in total. The number of nitrogens with one attached hydrogen (secondary N) is 1. The lowest BCUT2D eigenvalue weighted by molar-refractivity contribution is -0.144. The first-order valence-corrected chi connectivity index (χ1v) is 11.6.